The first-order valence-electron chi connectivity index (χ1n) is 6.22. The molecule has 0 atom stereocenters. The number of halogens is 2. The molecule has 3 nitrogen and oxygen atoms in total. The van der Waals surface area contributed by atoms with Crippen LogP contribution in [0.15, 0.2) is 40.6 Å². The minimum absolute atomic E-state index is 0.179. The second kappa shape index (κ2) is 6.76. The lowest BCUT2D eigenvalue weighted by Crippen LogP contribution is -2.21. The molecule has 1 aromatic heterocycles. The molecule has 20 heavy (non-hydrogen) atoms. The zero-order valence-corrected chi connectivity index (χ0v) is 12.0. The summed E-state index contributed by atoms with van der Waals surface area (Å²) in [6.45, 7) is 4.78. The van der Waals surface area contributed by atoms with E-state index in [1.807, 2.05) is 0 Å². The van der Waals surface area contributed by atoms with Gasteiger partial charge in [0, 0.05) is 30.5 Å². The summed E-state index contributed by atoms with van der Waals surface area (Å²) in [6, 6.07) is 3.70. The molecule has 0 aliphatic carbocycles. The van der Waals surface area contributed by atoms with E-state index < -0.39 is 11.6 Å². The van der Waals surface area contributed by atoms with Crippen molar-refractivity contribution in [2.24, 2.45) is 0 Å². The summed E-state index contributed by atoms with van der Waals surface area (Å²) in [5.74, 6) is -0.961. The molecule has 2 rings (SSSR count). The Morgan fingerprint density at radius 1 is 1.20 bits per heavy atom. The van der Waals surface area contributed by atoms with Gasteiger partial charge in [0.1, 0.15) is 11.6 Å². The van der Waals surface area contributed by atoms with Crippen LogP contribution in [-0.2, 0) is 6.54 Å². The highest BCUT2D eigenvalue weighted by atomic mass is 32.2. The average molecular weight is 295 g/mol. The summed E-state index contributed by atoms with van der Waals surface area (Å²) in [5.41, 5.74) is 0.947. The number of hydrogen-bond acceptors (Lipinski definition) is 4. The van der Waals surface area contributed by atoms with Crippen LogP contribution >= 0.6 is 11.8 Å². The maximum atomic E-state index is 13.5. The third kappa shape index (κ3) is 4.25. The van der Waals surface area contributed by atoms with Gasteiger partial charge in [0.2, 0.25) is 0 Å². The Labute approximate surface area is 120 Å². The maximum Gasteiger partial charge on any atom is 0.192 e. The van der Waals surface area contributed by atoms with Gasteiger partial charge in [-0.25, -0.2) is 18.7 Å². The van der Waals surface area contributed by atoms with E-state index in [9.17, 15) is 8.78 Å². The van der Waals surface area contributed by atoms with Crippen LogP contribution in [0.4, 0.5) is 8.78 Å². The van der Waals surface area contributed by atoms with Crippen molar-refractivity contribution in [2.75, 3.05) is 0 Å². The van der Waals surface area contributed by atoms with Gasteiger partial charge in [-0.2, -0.15) is 0 Å². The van der Waals surface area contributed by atoms with Gasteiger partial charge in [-0.3, -0.25) is 0 Å². The Hall–Kier alpha value is -1.53. The first-order valence-corrected chi connectivity index (χ1v) is 7.03. The second-order valence-electron chi connectivity index (χ2n) is 4.59. The minimum atomic E-state index is -0.481. The van der Waals surface area contributed by atoms with Crippen molar-refractivity contribution in [3.8, 4) is 0 Å². The second-order valence-corrected chi connectivity index (χ2v) is 5.60. The third-order valence-corrected chi connectivity index (χ3v) is 3.42. The van der Waals surface area contributed by atoms with Crippen molar-refractivity contribution in [1.82, 2.24) is 15.3 Å². The van der Waals surface area contributed by atoms with Crippen LogP contribution in [0.25, 0.3) is 0 Å². The quantitative estimate of drug-likeness (QED) is 0.858. The van der Waals surface area contributed by atoms with Crippen molar-refractivity contribution in [1.29, 1.82) is 0 Å². The Kier molecular flexibility index (Phi) is 5.03. The standard InChI is InChI=1S/C14H15F2N3S/c1-9(2)17-6-10-7-18-14(19-8-10)20-13-5-11(15)3-4-12(13)16/h3-5,7-9,17H,6H2,1-2H3. The maximum absolute atomic E-state index is 13.5. The van der Waals surface area contributed by atoms with Gasteiger partial charge < -0.3 is 5.32 Å². The SMILES string of the molecule is CC(C)NCc1cnc(Sc2cc(F)ccc2F)nc1. The smallest absolute Gasteiger partial charge is 0.192 e. The molecule has 0 bridgehead atoms. The predicted molar refractivity (Wildman–Crippen MR) is 74.5 cm³/mol. The number of hydrogen-bond donors (Lipinski definition) is 1. The molecule has 0 aliphatic rings. The molecule has 0 radical (unpaired) electrons. The highest BCUT2D eigenvalue weighted by Crippen LogP contribution is 2.27. The van der Waals surface area contributed by atoms with Crippen LogP contribution in [0.1, 0.15) is 19.4 Å². The van der Waals surface area contributed by atoms with E-state index in [4.69, 9.17) is 0 Å². The molecule has 0 fully saturated rings. The Balaban J connectivity index is 2.05. The summed E-state index contributed by atoms with van der Waals surface area (Å²) in [6.07, 6.45) is 3.36. The van der Waals surface area contributed by atoms with Crippen molar-refractivity contribution in [3.05, 3.63) is 47.8 Å². The number of benzene rings is 1. The van der Waals surface area contributed by atoms with Gasteiger partial charge in [0.25, 0.3) is 0 Å². The van der Waals surface area contributed by atoms with Crippen LogP contribution in [0.2, 0.25) is 0 Å². The number of rotatable bonds is 5. The Morgan fingerprint density at radius 2 is 1.90 bits per heavy atom. The van der Waals surface area contributed by atoms with Gasteiger partial charge in [0.05, 0.1) is 4.90 Å². The highest BCUT2D eigenvalue weighted by Gasteiger charge is 2.08. The van der Waals surface area contributed by atoms with Crippen molar-refractivity contribution in [3.63, 3.8) is 0 Å². The molecule has 0 amide bonds. The highest BCUT2D eigenvalue weighted by molar-refractivity contribution is 7.99. The van der Waals surface area contributed by atoms with E-state index in [0.29, 0.717) is 17.7 Å². The van der Waals surface area contributed by atoms with Gasteiger partial charge in [-0.1, -0.05) is 13.8 Å². The van der Waals surface area contributed by atoms with Crippen molar-refractivity contribution < 1.29 is 8.78 Å². The lowest BCUT2D eigenvalue weighted by molar-refractivity contribution is 0.576. The third-order valence-electron chi connectivity index (χ3n) is 2.49. The number of nitrogens with one attached hydrogen (secondary N) is 1. The lowest BCUT2D eigenvalue weighted by atomic mass is 10.3. The van der Waals surface area contributed by atoms with Gasteiger partial charge in [0.15, 0.2) is 5.16 Å². The molecule has 0 saturated carbocycles. The van der Waals surface area contributed by atoms with Crippen molar-refractivity contribution in [2.45, 2.75) is 36.5 Å². The zero-order chi connectivity index (χ0) is 14.5. The number of nitrogens with zero attached hydrogens (tertiary/aromatic N) is 2. The monoisotopic (exact) mass is 295 g/mol. The van der Waals surface area contributed by atoms with Gasteiger partial charge in [-0.15, -0.1) is 0 Å². The van der Waals surface area contributed by atoms with E-state index in [0.717, 1.165) is 35.5 Å². The molecule has 0 spiro atoms. The van der Waals surface area contributed by atoms with E-state index in [1.54, 1.807) is 12.4 Å². The molecule has 6 heteroatoms. The van der Waals surface area contributed by atoms with Crippen LogP contribution in [0, 0.1) is 11.6 Å². The summed E-state index contributed by atoms with van der Waals surface area (Å²) in [4.78, 5) is 8.47. The molecule has 1 N–H and O–H groups in total. The lowest BCUT2D eigenvalue weighted by Gasteiger charge is -2.07. The molecule has 0 unspecified atom stereocenters. The predicted octanol–water partition coefficient (Wildman–Crippen LogP) is 3.40. The Morgan fingerprint density at radius 3 is 2.55 bits per heavy atom. The van der Waals surface area contributed by atoms with Gasteiger partial charge in [-0.05, 0) is 30.0 Å². The van der Waals surface area contributed by atoms with E-state index >= 15 is 0 Å². The molecule has 0 saturated heterocycles. The molecule has 1 heterocycles. The van der Waals surface area contributed by atoms with Gasteiger partial charge >= 0.3 is 0 Å². The fourth-order valence-corrected chi connectivity index (χ4v) is 2.21. The average Bonchev–Trinajstić information content (AvgIpc) is 2.42. The molecule has 106 valence electrons. The first-order chi connectivity index (χ1) is 9.54. The van der Waals surface area contributed by atoms with Crippen LogP contribution in [0.5, 0.6) is 0 Å². The molecular formula is C14H15F2N3S. The molecule has 0 aliphatic heterocycles. The zero-order valence-electron chi connectivity index (χ0n) is 11.2. The van der Waals surface area contributed by atoms with Crippen molar-refractivity contribution >= 4 is 11.8 Å². The van der Waals surface area contributed by atoms with Crippen LogP contribution in [0.3, 0.4) is 0 Å². The number of aromatic nitrogens is 2. The van der Waals surface area contributed by atoms with Crippen LogP contribution in [-0.4, -0.2) is 16.0 Å². The summed E-state index contributed by atoms with van der Waals surface area (Å²) in [7, 11) is 0. The van der Waals surface area contributed by atoms with E-state index in [-0.39, 0.29) is 4.90 Å². The minimum Gasteiger partial charge on any atom is -0.310 e. The first kappa shape index (κ1) is 14.9. The Bertz CT molecular complexity index is 573. The fraction of sp³-hybridized carbons (Fsp3) is 0.286. The summed E-state index contributed by atoms with van der Waals surface area (Å²) < 4.78 is 26.6. The van der Waals surface area contributed by atoms with Crippen LogP contribution < -0.4 is 5.32 Å². The normalized spacial score (nSPS) is 11.1. The summed E-state index contributed by atoms with van der Waals surface area (Å²) in [5, 5.41) is 3.64. The van der Waals surface area contributed by atoms with E-state index in [2.05, 4.69) is 29.1 Å². The topological polar surface area (TPSA) is 37.8 Å². The molecule has 1 aromatic carbocycles. The fourth-order valence-electron chi connectivity index (χ4n) is 1.46. The molecular weight excluding hydrogens is 280 g/mol. The largest absolute Gasteiger partial charge is 0.310 e. The van der Waals surface area contributed by atoms with E-state index in [1.165, 1.54) is 0 Å². The molecule has 2 aromatic rings. The summed E-state index contributed by atoms with van der Waals surface area (Å²) >= 11 is 1.00.